The molecule has 4 heteroatoms. The third-order valence-electron chi connectivity index (χ3n) is 3.21. The van der Waals surface area contributed by atoms with Crippen molar-refractivity contribution in [1.82, 2.24) is 9.78 Å². The Hall–Kier alpha value is -1.84. The van der Waals surface area contributed by atoms with Gasteiger partial charge in [-0.25, -0.2) is 4.39 Å². The molecule has 17 heavy (non-hydrogen) atoms. The van der Waals surface area contributed by atoms with Gasteiger partial charge in [0.25, 0.3) is 0 Å². The number of anilines is 1. The monoisotopic (exact) mass is 231 g/mol. The number of aromatic nitrogens is 2. The fourth-order valence-corrected chi connectivity index (χ4v) is 2.38. The van der Waals surface area contributed by atoms with Gasteiger partial charge in [-0.1, -0.05) is 18.2 Å². The third kappa shape index (κ3) is 1.69. The molecule has 0 amide bonds. The van der Waals surface area contributed by atoms with Gasteiger partial charge in [0, 0.05) is 25.6 Å². The van der Waals surface area contributed by atoms with Gasteiger partial charge in [0.05, 0.1) is 5.69 Å². The lowest BCUT2D eigenvalue weighted by Gasteiger charge is -2.01. The predicted octanol–water partition coefficient (Wildman–Crippen LogP) is 2.12. The van der Waals surface area contributed by atoms with E-state index in [1.54, 1.807) is 6.07 Å². The van der Waals surface area contributed by atoms with Crippen molar-refractivity contribution in [3.05, 3.63) is 46.9 Å². The van der Waals surface area contributed by atoms with E-state index in [-0.39, 0.29) is 5.82 Å². The fourth-order valence-electron chi connectivity index (χ4n) is 2.38. The SMILES string of the molecule is Cn1nc(Cc2ccccc2F)c2c1NCC2. The molecular weight excluding hydrogens is 217 g/mol. The van der Waals surface area contributed by atoms with E-state index in [2.05, 4.69) is 10.4 Å². The molecule has 0 saturated heterocycles. The molecule has 1 aromatic heterocycles. The summed E-state index contributed by atoms with van der Waals surface area (Å²) in [7, 11) is 1.92. The van der Waals surface area contributed by atoms with Crippen LogP contribution in [0.3, 0.4) is 0 Å². The normalized spacial score (nSPS) is 13.5. The van der Waals surface area contributed by atoms with Crippen LogP contribution in [-0.4, -0.2) is 16.3 Å². The Morgan fingerprint density at radius 3 is 3.06 bits per heavy atom. The molecule has 0 unspecified atom stereocenters. The predicted molar refractivity (Wildman–Crippen MR) is 64.6 cm³/mol. The third-order valence-corrected chi connectivity index (χ3v) is 3.21. The summed E-state index contributed by atoms with van der Waals surface area (Å²) in [6.07, 6.45) is 1.55. The first-order valence-corrected chi connectivity index (χ1v) is 5.77. The Morgan fingerprint density at radius 2 is 2.24 bits per heavy atom. The number of hydrogen-bond donors (Lipinski definition) is 1. The zero-order chi connectivity index (χ0) is 11.8. The molecule has 0 aliphatic carbocycles. The van der Waals surface area contributed by atoms with Crippen LogP contribution >= 0.6 is 0 Å². The Labute approximate surface area is 99.3 Å². The van der Waals surface area contributed by atoms with Crippen LogP contribution in [0.1, 0.15) is 16.8 Å². The van der Waals surface area contributed by atoms with E-state index >= 15 is 0 Å². The fraction of sp³-hybridized carbons (Fsp3) is 0.308. The van der Waals surface area contributed by atoms with Gasteiger partial charge in [0.1, 0.15) is 11.6 Å². The first-order valence-electron chi connectivity index (χ1n) is 5.77. The summed E-state index contributed by atoms with van der Waals surface area (Å²) >= 11 is 0. The summed E-state index contributed by atoms with van der Waals surface area (Å²) in [5, 5.41) is 7.75. The Bertz CT molecular complexity index is 560. The molecule has 1 aromatic carbocycles. The van der Waals surface area contributed by atoms with E-state index in [4.69, 9.17) is 0 Å². The first-order chi connectivity index (χ1) is 8.25. The minimum Gasteiger partial charge on any atom is -0.370 e. The van der Waals surface area contributed by atoms with Crippen LogP contribution in [-0.2, 0) is 19.9 Å². The van der Waals surface area contributed by atoms with Crippen molar-refractivity contribution in [2.45, 2.75) is 12.8 Å². The Morgan fingerprint density at radius 1 is 1.41 bits per heavy atom. The van der Waals surface area contributed by atoms with Crippen molar-refractivity contribution in [2.75, 3.05) is 11.9 Å². The van der Waals surface area contributed by atoms with Gasteiger partial charge >= 0.3 is 0 Å². The number of benzene rings is 1. The maximum Gasteiger partial charge on any atom is 0.127 e. The number of rotatable bonds is 2. The lowest BCUT2D eigenvalue weighted by molar-refractivity contribution is 0.612. The van der Waals surface area contributed by atoms with Crippen LogP contribution in [0.15, 0.2) is 24.3 Å². The highest BCUT2D eigenvalue weighted by atomic mass is 19.1. The number of nitrogens with one attached hydrogen (secondary N) is 1. The van der Waals surface area contributed by atoms with E-state index in [1.807, 2.05) is 23.9 Å². The van der Waals surface area contributed by atoms with Crippen molar-refractivity contribution in [3.63, 3.8) is 0 Å². The van der Waals surface area contributed by atoms with Crippen LogP contribution in [0.4, 0.5) is 10.2 Å². The second kappa shape index (κ2) is 3.87. The van der Waals surface area contributed by atoms with Crippen molar-refractivity contribution in [1.29, 1.82) is 0 Å². The molecule has 2 aromatic rings. The molecule has 0 bridgehead atoms. The number of hydrogen-bond acceptors (Lipinski definition) is 2. The molecule has 88 valence electrons. The molecule has 3 nitrogen and oxygen atoms in total. The summed E-state index contributed by atoms with van der Waals surface area (Å²) in [5.41, 5.74) is 2.92. The van der Waals surface area contributed by atoms with E-state index in [9.17, 15) is 4.39 Å². The summed E-state index contributed by atoms with van der Waals surface area (Å²) in [4.78, 5) is 0. The molecule has 1 N–H and O–H groups in total. The van der Waals surface area contributed by atoms with Crippen LogP contribution in [0.25, 0.3) is 0 Å². The second-order valence-corrected chi connectivity index (χ2v) is 4.34. The maximum absolute atomic E-state index is 13.6. The molecule has 0 spiro atoms. The molecule has 0 atom stereocenters. The number of halogens is 1. The number of nitrogens with zero attached hydrogens (tertiary/aromatic N) is 2. The van der Waals surface area contributed by atoms with Gasteiger partial charge < -0.3 is 5.32 Å². The van der Waals surface area contributed by atoms with Crippen molar-refractivity contribution in [3.8, 4) is 0 Å². The van der Waals surface area contributed by atoms with Crippen LogP contribution < -0.4 is 5.32 Å². The van der Waals surface area contributed by atoms with Gasteiger partial charge in [-0.2, -0.15) is 5.10 Å². The van der Waals surface area contributed by atoms with E-state index in [0.717, 1.165) is 24.5 Å². The summed E-state index contributed by atoms with van der Waals surface area (Å²) in [5.74, 6) is 0.925. The summed E-state index contributed by atoms with van der Waals surface area (Å²) in [6.45, 7) is 0.950. The summed E-state index contributed by atoms with van der Waals surface area (Å²) < 4.78 is 15.4. The van der Waals surface area contributed by atoms with Crippen molar-refractivity contribution in [2.24, 2.45) is 7.05 Å². The maximum atomic E-state index is 13.6. The van der Waals surface area contributed by atoms with E-state index in [1.165, 1.54) is 11.6 Å². The lowest BCUT2D eigenvalue weighted by atomic mass is 10.1. The highest BCUT2D eigenvalue weighted by Crippen LogP contribution is 2.26. The summed E-state index contributed by atoms with van der Waals surface area (Å²) in [6, 6.07) is 6.89. The average Bonchev–Trinajstić information content (AvgIpc) is 2.88. The highest BCUT2D eigenvalue weighted by molar-refractivity contribution is 5.53. The van der Waals surface area contributed by atoms with Gasteiger partial charge in [0.15, 0.2) is 0 Å². The van der Waals surface area contributed by atoms with E-state index in [0.29, 0.717) is 12.0 Å². The quantitative estimate of drug-likeness (QED) is 0.858. The molecule has 0 radical (unpaired) electrons. The van der Waals surface area contributed by atoms with Gasteiger partial charge in [-0.05, 0) is 18.1 Å². The number of aryl methyl sites for hydroxylation is 1. The molecule has 3 rings (SSSR count). The smallest absolute Gasteiger partial charge is 0.127 e. The van der Waals surface area contributed by atoms with Crippen LogP contribution in [0.5, 0.6) is 0 Å². The van der Waals surface area contributed by atoms with Crippen LogP contribution in [0, 0.1) is 5.82 Å². The largest absolute Gasteiger partial charge is 0.370 e. The minimum atomic E-state index is -0.155. The Kier molecular flexibility index (Phi) is 2.35. The molecule has 0 saturated carbocycles. The van der Waals surface area contributed by atoms with Gasteiger partial charge in [-0.3, -0.25) is 4.68 Å². The molecule has 1 aliphatic rings. The standard InChI is InChI=1S/C13H14FN3/c1-17-13-10(6-7-15-13)12(16-17)8-9-4-2-3-5-11(9)14/h2-5,15H,6-8H2,1H3. The molecular formula is C13H14FN3. The minimum absolute atomic E-state index is 0.155. The molecule has 2 heterocycles. The zero-order valence-corrected chi connectivity index (χ0v) is 9.70. The van der Waals surface area contributed by atoms with Gasteiger partial charge in [0.2, 0.25) is 0 Å². The zero-order valence-electron chi connectivity index (χ0n) is 9.70. The average molecular weight is 231 g/mol. The molecule has 1 aliphatic heterocycles. The van der Waals surface area contributed by atoms with Crippen molar-refractivity contribution >= 4 is 5.82 Å². The lowest BCUT2D eigenvalue weighted by Crippen LogP contribution is -2.03. The topological polar surface area (TPSA) is 29.9 Å². The van der Waals surface area contributed by atoms with Crippen LogP contribution in [0.2, 0.25) is 0 Å². The second-order valence-electron chi connectivity index (χ2n) is 4.34. The van der Waals surface area contributed by atoms with Gasteiger partial charge in [-0.15, -0.1) is 0 Å². The molecule has 0 fully saturated rings. The van der Waals surface area contributed by atoms with Crippen molar-refractivity contribution < 1.29 is 4.39 Å². The Balaban J connectivity index is 1.97. The first kappa shape index (κ1) is 10.3. The highest BCUT2D eigenvalue weighted by Gasteiger charge is 2.20. The number of fused-ring (bicyclic) bond motifs is 1. The van der Waals surface area contributed by atoms with E-state index < -0.39 is 0 Å².